The van der Waals surface area contributed by atoms with Gasteiger partial charge in [0.1, 0.15) is 32.3 Å². The van der Waals surface area contributed by atoms with Gasteiger partial charge in [0.2, 0.25) is 5.95 Å². The van der Waals surface area contributed by atoms with Crippen LogP contribution in [-0.4, -0.2) is 86.1 Å². The second kappa shape index (κ2) is 10.4. The number of aromatic nitrogens is 4. The minimum absolute atomic E-state index is 0.0474. The molecule has 0 unspecified atom stereocenters. The van der Waals surface area contributed by atoms with Crippen LogP contribution in [0.5, 0.6) is 0 Å². The highest BCUT2D eigenvalue weighted by atomic mass is 32.2. The Morgan fingerprint density at radius 3 is 2.49 bits per heavy atom. The lowest BCUT2D eigenvalue weighted by Crippen LogP contribution is -2.40. The summed E-state index contributed by atoms with van der Waals surface area (Å²) in [5.74, 6) is 0.251. The quantitative estimate of drug-likeness (QED) is 0.247. The van der Waals surface area contributed by atoms with Gasteiger partial charge in [-0.3, -0.25) is 4.98 Å². The van der Waals surface area contributed by atoms with E-state index in [9.17, 15) is 23.7 Å². The predicted molar refractivity (Wildman–Crippen MR) is 145 cm³/mol. The van der Waals surface area contributed by atoms with E-state index in [-0.39, 0.29) is 5.75 Å². The number of sulfone groups is 1. The van der Waals surface area contributed by atoms with Crippen molar-refractivity contribution in [3.05, 3.63) is 23.7 Å². The zero-order chi connectivity index (χ0) is 27.1. The minimum atomic E-state index is -3.08. The first-order valence-electron chi connectivity index (χ1n) is 12.1. The molecule has 5 N–H and O–H groups in total. The number of pyridine rings is 1. The number of nitrogens with zero attached hydrogens (tertiary/aromatic N) is 4. The van der Waals surface area contributed by atoms with Crippen LogP contribution < -0.4 is 10.6 Å². The average molecular weight is 551 g/mol. The van der Waals surface area contributed by atoms with Crippen molar-refractivity contribution in [3.8, 4) is 10.6 Å². The van der Waals surface area contributed by atoms with Crippen LogP contribution in [0.25, 0.3) is 20.8 Å². The lowest BCUT2D eigenvalue weighted by atomic mass is 9.88. The van der Waals surface area contributed by atoms with Gasteiger partial charge in [0.25, 0.3) is 0 Å². The highest BCUT2D eigenvalue weighted by Gasteiger charge is 2.48. The third kappa shape index (κ3) is 6.17. The van der Waals surface area contributed by atoms with E-state index in [0.29, 0.717) is 47.4 Å². The maximum absolute atomic E-state index is 11.5. The summed E-state index contributed by atoms with van der Waals surface area (Å²) in [5, 5.41) is 39.0. The lowest BCUT2D eigenvalue weighted by molar-refractivity contribution is -0.0601. The first-order valence-corrected chi connectivity index (χ1v) is 15.0. The second-order valence-electron chi connectivity index (χ2n) is 10.3. The van der Waals surface area contributed by atoms with Crippen molar-refractivity contribution in [1.29, 1.82) is 0 Å². The number of hydrogen-bond donors (Lipinski definition) is 5. The highest BCUT2D eigenvalue weighted by Crippen LogP contribution is 2.40. The first kappa shape index (κ1) is 27.6. The molecule has 0 aromatic carbocycles. The number of aliphatic hydroxyl groups excluding tert-OH is 2. The molecule has 11 nitrogen and oxygen atoms in total. The normalized spacial score (nSPS) is 22.5. The van der Waals surface area contributed by atoms with Gasteiger partial charge in [-0.2, -0.15) is 4.98 Å². The summed E-state index contributed by atoms with van der Waals surface area (Å²) >= 11 is 1.48. The third-order valence-electron chi connectivity index (χ3n) is 6.68. The predicted octanol–water partition coefficient (Wildman–Crippen LogP) is 1.90. The molecule has 0 aliphatic heterocycles. The molecule has 3 aromatic heterocycles. The van der Waals surface area contributed by atoms with Crippen LogP contribution in [0.2, 0.25) is 0 Å². The van der Waals surface area contributed by atoms with Gasteiger partial charge in [-0.1, -0.05) is 0 Å². The number of aryl methyl sites for hydroxylation is 2. The lowest BCUT2D eigenvalue weighted by Gasteiger charge is -2.28. The Balaban J connectivity index is 1.70. The summed E-state index contributed by atoms with van der Waals surface area (Å²) < 4.78 is 23.9. The fourth-order valence-corrected chi connectivity index (χ4v) is 6.47. The SMILES string of the molecule is Cc1nc(NCCCS(C)(=O)=O)nc(N[C@@H]2C[C@H](C(C)(C)O)[C@@H](O)[C@H]2O)c1-c1nc2c(C)nccc2s1. The largest absolute Gasteiger partial charge is 0.390 e. The topological polar surface area (TPSA) is 170 Å². The van der Waals surface area contributed by atoms with Crippen molar-refractivity contribution in [3.63, 3.8) is 0 Å². The van der Waals surface area contributed by atoms with Crippen LogP contribution in [0.15, 0.2) is 12.3 Å². The monoisotopic (exact) mass is 550 g/mol. The molecule has 1 saturated carbocycles. The molecule has 1 aliphatic rings. The third-order valence-corrected chi connectivity index (χ3v) is 8.75. The van der Waals surface area contributed by atoms with Gasteiger partial charge in [0.15, 0.2) is 0 Å². The van der Waals surface area contributed by atoms with E-state index in [4.69, 9.17) is 4.98 Å². The smallest absolute Gasteiger partial charge is 0.224 e. The van der Waals surface area contributed by atoms with Gasteiger partial charge >= 0.3 is 0 Å². The van der Waals surface area contributed by atoms with E-state index >= 15 is 0 Å². The molecule has 4 rings (SSSR count). The highest BCUT2D eigenvalue weighted by molar-refractivity contribution is 7.90. The number of hydrogen-bond acceptors (Lipinski definition) is 12. The van der Waals surface area contributed by atoms with Crippen molar-refractivity contribution >= 4 is 43.2 Å². The van der Waals surface area contributed by atoms with Crippen LogP contribution in [0.3, 0.4) is 0 Å². The molecular formula is C24H34N6O5S2. The molecule has 1 fully saturated rings. The van der Waals surface area contributed by atoms with Gasteiger partial charge in [-0.25, -0.2) is 18.4 Å². The molecule has 1 aliphatic carbocycles. The van der Waals surface area contributed by atoms with Crippen LogP contribution in [0, 0.1) is 19.8 Å². The number of aliphatic hydroxyl groups is 3. The molecule has 37 heavy (non-hydrogen) atoms. The van der Waals surface area contributed by atoms with Gasteiger partial charge in [0.05, 0.1) is 45.2 Å². The Kier molecular flexibility index (Phi) is 7.73. The number of nitrogens with one attached hydrogen (secondary N) is 2. The molecular weight excluding hydrogens is 516 g/mol. The molecule has 0 bridgehead atoms. The molecule has 0 saturated heterocycles. The fraction of sp³-hybridized carbons (Fsp3) is 0.583. The maximum atomic E-state index is 11.5. The Bertz CT molecular complexity index is 1390. The summed E-state index contributed by atoms with van der Waals surface area (Å²) in [6, 6.07) is 1.32. The van der Waals surface area contributed by atoms with Gasteiger partial charge in [-0.05, 0) is 46.6 Å². The molecule has 0 spiro atoms. The molecule has 0 amide bonds. The number of fused-ring (bicyclic) bond motifs is 1. The first-order chi connectivity index (χ1) is 17.2. The maximum Gasteiger partial charge on any atom is 0.224 e. The van der Waals surface area contributed by atoms with E-state index in [0.717, 1.165) is 15.9 Å². The van der Waals surface area contributed by atoms with E-state index < -0.39 is 39.6 Å². The van der Waals surface area contributed by atoms with Crippen molar-refractivity contribution in [1.82, 2.24) is 19.9 Å². The molecule has 3 heterocycles. The Labute approximate surface area is 220 Å². The van der Waals surface area contributed by atoms with Crippen molar-refractivity contribution < 1.29 is 23.7 Å². The van der Waals surface area contributed by atoms with E-state index in [1.54, 1.807) is 20.0 Å². The van der Waals surface area contributed by atoms with Crippen molar-refractivity contribution in [2.45, 2.75) is 64.4 Å². The molecule has 0 radical (unpaired) electrons. The summed E-state index contributed by atoms with van der Waals surface area (Å²) in [6.07, 6.45) is 1.44. The standard InChI is InChI=1S/C24H34N6O5S2/c1-12-17(22-29-18-13(2)25-9-7-16(18)36-22)21(30-23(27-12)26-8-6-10-37(5,34)35)28-15-11-14(24(3,4)33)19(31)20(15)32/h7,9,14-15,19-20,31-33H,6,8,10-11H2,1-5H3,(H2,26,27,28,30)/t14-,15+,19+,20-/m0/s1. The Morgan fingerprint density at radius 2 is 1.86 bits per heavy atom. The Morgan fingerprint density at radius 1 is 1.14 bits per heavy atom. The van der Waals surface area contributed by atoms with Crippen LogP contribution >= 0.6 is 11.3 Å². The van der Waals surface area contributed by atoms with Gasteiger partial charge in [0, 0.05) is 24.9 Å². The molecule has 202 valence electrons. The van der Waals surface area contributed by atoms with E-state index in [2.05, 4.69) is 25.6 Å². The minimum Gasteiger partial charge on any atom is -0.390 e. The van der Waals surface area contributed by atoms with Crippen molar-refractivity contribution in [2.75, 3.05) is 29.2 Å². The molecule has 4 atom stereocenters. The molecule has 3 aromatic rings. The molecule has 13 heteroatoms. The van der Waals surface area contributed by atoms with Gasteiger partial charge < -0.3 is 26.0 Å². The van der Waals surface area contributed by atoms with Crippen LogP contribution in [-0.2, 0) is 9.84 Å². The number of rotatable bonds is 9. The Hall–Kier alpha value is -2.45. The van der Waals surface area contributed by atoms with Gasteiger partial charge in [-0.15, -0.1) is 11.3 Å². The van der Waals surface area contributed by atoms with Crippen LogP contribution in [0.1, 0.15) is 38.1 Å². The van der Waals surface area contributed by atoms with E-state index in [1.807, 2.05) is 19.9 Å². The van der Waals surface area contributed by atoms with E-state index in [1.165, 1.54) is 17.6 Å². The van der Waals surface area contributed by atoms with Crippen LogP contribution in [0.4, 0.5) is 11.8 Å². The summed E-state index contributed by atoms with van der Waals surface area (Å²) in [7, 11) is -3.08. The van der Waals surface area contributed by atoms with Crippen molar-refractivity contribution in [2.24, 2.45) is 5.92 Å². The number of thiazole rings is 1. The summed E-state index contributed by atoms with van der Waals surface area (Å²) in [6.45, 7) is 7.33. The summed E-state index contributed by atoms with van der Waals surface area (Å²) in [4.78, 5) is 18.4. The zero-order valence-corrected chi connectivity index (χ0v) is 23.2. The fourth-order valence-electron chi connectivity index (χ4n) is 4.69. The zero-order valence-electron chi connectivity index (χ0n) is 21.6. The summed E-state index contributed by atoms with van der Waals surface area (Å²) in [5.41, 5.74) is 1.72. The average Bonchev–Trinajstić information content (AvgIpc) is 3.33. The number of anilines is 2. The second-order valence-corrected chi connectivity index (χ2v) is 13.5.